The molecule has 2 rings (SSSR count). The average Bonchev–Trinajstić information content (AvgIpc) is 2.64. The summed E-state index contributed by atoms with van der Waals surface area (Å²) >= 11 is 5.67. The second-order valence-corrected chi connectivity index (χ2v) is 5.06. The second kappa shape index (κ2) is 6.17. The lowest BCUT2D eigenvalue weighted by Crippen LogP contribution is -2.29. The van der Waals surface area contributed by atoms with Crippen molar-refractivity contribution in [2.45, 2.75) is 31.7 Å². The molecule has 0 aliphatic carbocycles. The molecule has 1 atom stereocenters. The van der Waals surface area contributed by atoms with Gasteiger partial charge in [0, 0.05) is 0 Å². The van der Waals surface area contributed by atoms with Crippen LogP contribution in [0.5, 0.6) is 0 Å². The summed E-state index contributed by atoms with van der Waals surface area (Å²) in [5.41, 5.74) is 0.696. The van der Waals surface area contributed by atoms with Crippen molar-refractivity contribution in [3.63, 3.8) is 0 Å². The van der Waals surface area contributed by atoms with Crippen LogP contribution in [-0.4, -0.2) is 18.0 Å². The molecule has 4 heteroatoms. The molecule has 2 nitrogen and oxygen atoms in total. The maximum Gasteiger partial charge on any atom is 0.142 e. The highest BCUT2D eigenvalue weighted by molar-refractivity contribution is 6.30. The Labute approximate surface area is 112 Å². The molecule has 1 aromatic rings. The van der Waals surface area contributed by atoms with Crippen molar-refractivity contribution in [3.8, 4) is 6.07 Å². The molecule has 0 bridgehead atoms. The van der Waals surface area contributed by atoms with E-state index < -0.39 is 5.82 Å². The van der Waals surface area contributed by atoms with Gasteiger partial charge >= 0.3 is 0 Å². The zero-order valence-electron chi connectivity index (χ0n) is 10.2. The van der Waals surface area contributed by atoms with Gasteiger partial charge in [0.2, 0.25) is 0 Å². The summed E-state index contributed by atoms with van der Waals surface area (Å²) < 4.78 is 13.5. The molecule has 1 saturated heterocycles. The quantitative estimate of drug-likeness (QED) is 0.811. The summed E-state index contributed by atoms with van der Waals surface area (Å²) in [4.78, 5) is 2.13. The molecule has 1 aliphatic rings. The van der Waals surface area contributed by atoms with Crippen LogP contribution in [0.2, 0.25) is 5.02 Å². The Morgan fingerprint density at radius 3 is 2.44 bits per heavy atom. The van der Waals surface area contributed by atoms with E-state index in [1.165, 1.54) is 25.0 Å². The highest BCUT2D eigenvalue weighted by Crippen LogP contribution is 2.26. The fourth-order valence-electron chi connectivity index (χ4n) is 2.40. The Morgan fingerprint density at radius 1 is 1.22 bits per heavy atom. The predicted octanol–water partition coefficient (Wildman–Crippen LogP) is 3.92. The van der Waals surface area contributed by atoms with E-state index in [0.717, 1.165) is 25.9 Å². The van der Waals surface area contributed by atoms with Gasteiger partial charge in [-0.25, -0.2) is 4.39 Å². The molecular weight excluding hydrogens is 251 g/mol. The van der Waals surface area contributed by atoms with Crippen molar-refractivity contribution in [1.29, 1.82) is 5.26 Å². The van der Waals surface area contributed by atoms with Gasteiger partial charge in [0.15, 0.2) is 0 Å². The summed E-state index contributed by atoms with van der Waals surface area (Å²) in [5.74, 6) is -0.454. The number of nitriles is 1. The monoisotopic (exact) mass is 266 g/mol. The summed E-state index contributed by atoms with van der Waals surface area (Å²) in [7, 11) is 0. The first-order chi connectivity index (χ1) is 8.72. The normalized spacial score (nSPS) is 18.9. The number of rotatable bonds is 2. The Morgan fingerprint density at radius 2 is 1.89 bits per heavy atom. The van der Waals surface area contributed by atoms with E-state index in [1.807, 2.05) is 0 Å². The smallest absolute Gasteiger partial charge is 0.142 e. The average molecular weight is 267 g/mol. The molecule has 1 aromatic carbocycles. The van der Waals surface area contributed by atoms with Crippen molar-refractivity contribution in [2.24, 2.45) is 0 Å². The van der Waals surface area contributed by atoms with Gasteiger partial charge in [0.1, 0.15) is 11.9 Å². The van der Waals surface area contributed by atoms with Gasteiger partial charge in [-0.15, -0.1) is 0 Å². The number of hydrogen-bond acceptors (Lipinski definition) is 2. The highest BCUT2D eigenvalue weighted by atomic mass is 35.5. The van der Waals surface area contributed by atoms with Crippen molar-refractivity contribution in [3.05, 3.63) is 34.6 Å². The zero-order valence-corrected chi connectivity index (χ0v) is 11.0. The van der Waals surface area contributed by atoms with Crippen LogP contribution in [0, 0.1) is 17.1 Å². The van der Waals surface area contributed by atoms with E-state index in [2.05, 4.69) is 11.0 Å². The van der Waals surface area contributed by atoms with Crippen molar-refractivity contribution >= 4 is 11.6 Å². The fraction of sp³-hybridized carbons (Fsp3) is 0.500. The SMILES string of the molecule is N#CC(c1ccc(Cl)c(F)c1)N1CCCCCC1. The van der Waals surface area contributed by atoms with Crippen LogP contribution in [0.1, 0.15) is 37.3 Å². The van der Waals surface area contributed by atoms with Gasteiger partial charge in [0.25, 0.3) is 0 Å². The fourth-order valence-corrected chi connectivity index (χ4v) is 2.52. The van der Waals surface area contributed by atoms with E-state index in [9.17, 15) is 9.65 Å². The number of nitrogens with zero attached hydrogens (tertiary/aromatic N) is 2. The maximum atomic E-state index is 13.5. The largest absolute Gasteiger partial charge is 0.284 e. The lowest BCUT2D eigenvalue weighted by atomic mass is 10.1. The first-order valence-corrected chi connectivity index (χ1v) is 6.69. The molecule has 1 aliphatic heterocycles. The van der Waals surface area contributed by atoms with E-state index in [0.29, 0.717) is 5.56 Å². The van der Waals surface area contributed by atoms with Crippen molar-refractivity contribution < 1.29 is 4.39 Å². The molecule has 1 fully saturated rings. The molecule has 0 aromatic heterocycles. The van der Waals surface area contributed by atoms with Gasteiger partial charge in [-0.1, -0.05) is 30.5 Å². The Balaban J connectivity index is 2.21. The number of halogens is 2. The minimum Gasteiger partial charge on any atom is -0.284 e. The molecule has 0 saturated carbocycles. The van der Waals surface area contributed by atoms with Crippen LogP contribution in [0.15, 0.2) is 18.2 Å². The summed E-state index contributed by atoms with van der Waals surface area (Å²) in [6.45, 7) is 1.81. The third-order valence-electron chi connectivity index (χ3n) is 3.39. The molecule has 1 heterocycles. The molecule has 0 radical (unpaired) electrons. The maximum absolute atomic E-state index is 13.5. The summed E-state index contributed by atoms with van der Waals surface area (Å²) in [5, 5.41) is 9.44. The first-order valence-electron chi connectivity index (χ1n) is 6.31. The van der Waals surface area contributed by atoms with Crippen LogP contribution in [0.25, 0.3) is 0 Å². The zero-order chi connectivity index (χ0) is 13.0. The van der Waals surface area contributed by atoms with Crippen LogP contribution in [-0.2, 0) is 0 Å². The van der Waals surface area contributed by atoms with E-state index in [1.54, 1.807) is 6.07 Å². The van der Waals surface area contributed by atoms with Crippen LogP contribution >= 0.6 is 11.6 Å². The minimum atomic E-state index is -0.454. The third-order valence-corrected chi connectivity index (χ3v) is 3.69. The molecule has 0 amide bonds. The minimum absolute atomic E-state index is 0.103. The number of hydrogen-bond donors (Lipinski definition) is 0. The topological polar surface area (TPSA) is 27.0 Å². The Hall–Kier alpha value is -1.11. The van der Waals surface area contributed by atoms with Gasteiger partial charge in [0.05, 0.1) is 11.1 Å². The molecule has 18 heavy (non-hydrogen) atoms. The van der Waals surface area contributed by atoms with Gasteiger partial charge < -0.3 is 0 Å². The lowest BCUT2D eigenvalue weighted by molar-refractivity contribution is 0.245. The Bertz CT molecular complexity index is 448. The number of benzene rings is 1. The third kappa shape index (κ3) is 3.01. The first kappa shape index (κ1) is 13.3. The molecule has 0 spiro atoms. The van der Waals surface area contributed by atoms with Crippen molar-refractivity contribution in [2.75, 3.05) is 13.1 Å². The Kier molecular flexibility index (Phi) is 4.57. The summed E-state index contributed by atoms with van der Waals surface area (Å²) in [6.07, 6.45) is 4.63. The van der Waals surface area contributed by atoms with E-state index in [-0.39, 0.29) is 11.1 Å². The van der Waals surface area contributed by atoms with Gasteiger partial charge in [-0.3, -0.25) is 4.90 Å². The lowest BCUT2D eigenvalue weighted by Gasteiger charge is -2.25. The summed E-state index contributed by atoms with van der Waals surface area (Å²) in [6, 6.07) is 6.55. The van der Waals surface area contributed by atoms with E-state index >= 15 is 0 Å². The highest BCUT2D eigenvalue weighted by Gasteiger charge is 2.21. The molecular formula is C14H16ClFN2. The second-order valence-electron chi connectivity index (χ2n) is 4.66. The number of likely N-dealkylation sites (tertiary alicyclic amines) is 1. The predicted molar refractivity (Wildman–Crippen MR) is 69.8 cm³/mol. The van der Waals surface area contributed by atoms with Gasteiger partial charge in [-0.2, -0.15) is 5.26 Å². The molecule has 1 unspecified atom stereocenters. The molecule has 96 valence electrons. The molecule has 0 N–H and O–H groups in total. The van der Waals surface area contributed by atoms with Crippen LogP contribution < -0.4 is 0 Å². The van der Waals surface area contributed by atoms with Gasteiger partial charge in [-0.05, 0) is 43.6 Å². The standard InChI is InChI=1S/C14H16ClFN2/c15-12-6-5-11(9-13(12)16)14(10-17)18-7-3-1-2-4-8-18/h5-6,9,14H,1-4,7-8H2. The van der Waals surface area contributed by atoms with Crippen LogP contribution in [0.3, 0.4) is 0 Å². The van der Waals surface area contributed by atoms with Crippen LogP contribution in [0.4, 0.5) is 4.39 Å². The van der Waals surface area contributed by atoms with E-state index in [4.69, 9.17) is 11.6 Å². The van der Waals surface area contributed by atoms with Crippen molar-refractivity contribution in [1.82, 2.24) is 4.90 Å².